The van der Waals surface area contributed by atoms with Crippen LogP contribution in [0.1, 0.15) is 31.7 Å². The van der Waals surface area contributed by atoms with Gasteiger partial charge < -0.3 is 10.4 Å². The molecule has 0 aliphatic rings. The molecule has 18 heavy (non-hydrogen) atoms. The first-order valence-corrected chi connectivity index (χ1v) is 6.05. The summed E-state index contributed by atoms with van der Waals surface area (Å²) in [5, 5.41) is 11.4. The highest BCUT2D eigenvalue weighted by molar-refractivity contribution is 5.83. The molecule has 0 radical (unpaired) electrons. The summed E-state index contributed by atoms with van der Waals surface area (Å²) >= 11 is 0. The first kappa shape index (κ1) is 14.2. The van der Waals surface area contributed by atoms with E-state index in [2.05, 4.69) is 5.32 Å². The van der Waals surface area contributed by atoms with Crippen molar-refractivity contribution in [2.24, 2.45) is 5.92 Å². The minimum Gasteiger partial charge on any atom is -0.481 e. The van der Waals surface area contributed by atoms with Crippen molar-refractivity contribution < 1.29 is 14.7 Å². The number of carbonyl (C=O) groups is 2. The van der Waals surface area contributed by atoms with Gasteiger partial charge in [0.2, 0.25) is 5.91 Å². The fourth-order valence-corrected chi connectivity index (χ4v) is 1.69. The van der Waals surface area contributed by atoms with Crippen molar-refractivity contribution in [1.29, 1.82) is 0 Å². The van der Waals surface area contributed by atoms with E-state index in [4.69, 9.17) is 5.11 Å². The number of carboxylic acids is 1. The van der Waals surface area contributed by atoms with E-state index in [1.165, 1.54) is 0 Å². The maximum Gasteiger partial charge on any atom is 0.303 e. The number of carboxylic acid groups (broad SMARTS) is 1. The van der Waals surface area contributed by atoms with Gasteiger partial charge in [0.1, 0.15) is 0 Å². The van der Waals surface area contributed by atoms with Crippen LogP contribution in [0.15, 0.2) is 30.3 Å². The van der Waals surface area contributed by atoms with Gasteiger partial charge in [0.25, 0.3) is 0 Å². The summed E-state index contributed by atoms with van der Waals surface area (Å²) in [6.45, 7) is 4.04. The Morgan fingerprint density at radius 3 is 2.39 bits per heavy atom. The Balaban J connectivity index is 2.44. The van der Waals surface area contributed by atoms with Crippen LogP contribution in [-0.2, 0) is 9.59 Å². The number of aliphatic carboxylic acids is 1. The molecule has 1 aromatic carbocycles. The van der Waals surface area contributed by atoms with Crippen LogP contribution in [0.25, 0.3) is 0 Å². The molecule has 0 saturated heterocycles. The zero-order valence-electron chi connectivity index (χ0n) is 10.7. The van der Waals surface area contributed by atoms with Gasteiger partial charge in [0.15, 0.2) is 0 Å². The molecular weight excluding hydrogens is 230 g/mol. The van der Waals surface area contributed by atoms with Crippen LogP contribution in [0.2, 0.25) is 0 Å². The van der Waals surface area contributed by atoms with E-state index in [1.54, 1.807) is 0 Å². The predicted octanol–water partition coefficient (Wildman–Crippen LogP) is 2.02. The number of amides is 1. The lowest BCUT2D eigenvalue weighted by molar-refractivity contribution is -0.138. The van der Waals surface area contributed by atoms with Gasteiger partial charge in [-0.25, -0.2) is 0 Å². The second-order valence-corrected chi connectivity index (χ2v) is 4.58. The van der Waals surface area contributed by atoms with Crippen molar-refractivity contribution in [1.82, 2.24) is 5.32 Å². The van der Waals surface area contributed by atoms with E-state index in [1.807, 2.05) is 44.2 Å². The lowest BCUT2D eigenvalue weighted by Crippen LogP contribution is -2.32. The largest absolute Gasteiger partial charge is 0.481 e. The van der Waals surface area contributed by atoms with E-state index in [9.17, 15) is 9.59 Å². The number of rotatable bonds is 6. The Kier molecular flexibility index (Phi) is 5.36. The normalized spacial score (nSPS) is 13.7. The van der Waals surface area contributed by atoms with Gasteiger partial charge in [0, 0.05) is 13.0 Å². The van der Waals surface area contributed by atoms with Crippen LogP contribution in [0.4, 0.5) is 0 Å². The molecule has 0 saturated carbocycles. The number of hydrogen-bond donors (Lipinski definition) is 2. The maximum absolute atomic E-state index is 11.9. The Morgan fingerprint density at radius 2 is 1.83 bits per heavy atom. The van der Waals surface area contributed by atoms with Crippen molar-refractivity contribution in [3.05, 3.63) is 35.9 Å². The third-order valence-electron chi connectivity index (χ3n) is 2.84. The van der Waals surface area contributed by atoms with Gasteiger partial charge in [-0.3, -0.25) is 9.59 Å². The fraction of sp³-hybridized carbons (Fsp3) is 0.429. The van der Waals surface area contributed by atoms with Crippen LogP contribution in [-0.4, -0.2) is 23.5 Å². The second-order valence-electron chi connectivity index (χ2n) is 4.58. The van der Waals surface area contributed by atoms with Gasteiger partial charge in [-0.2, -0.15) is 0 Å². The third-order valence-corrected chi connectivity index (χ3v) is 2.84. The molecule has 1 unspecified atom stereocenters. The lowest BCUT2D eigenvalue weighted by atomic mass is 10.00. The number of carbonyl (C=O) groups excluding carboxylic acids is 1. The van der Waals surface area contributed by atoms with Crippen LogP contribution in [0, 0.1) is 5.92 Å². The maximum atomic E-state index is 11.9. The number of nitrogens with one attached hydrogen (secondary N) is 1. The quantitative estimate of drug-likeness (QED) is 0.810. The molecule has 98 valence electrons. The average molecular weight is 249 g/mol. The zero-order valence-corrected chi connectivity index (χ0v) is 10.7. The summed E-state index contributed by atoms with van der Waals surface area (Å²) in [6.07, 6.45) is 0.0694. The van der Waals surface area contributed by atoms with Crippen LogP contribution < -0.4 is 5.32 Å². The van der Waals surface area contributed by atoms with E-state index >= 15 is 0 Å². The lowest BCUT2D eigenvalue weighted by Gasteiger charge is -2.15. The van der Waals surface area contributed by atoms with Crippen molar-refractivity contribution in [3.63, 3.8) is 0 Å². The first-order valence-electron chi connectivity index (χ1n) is 6.05. The summed E-state index contributed by atoms with van der Waals surface area (Å²) in [4.78, 5) is 22.4. The topological polar surface area (TPSA) is 66.4 Å². The molecule has 0 aromatic heterocycles. The number of benzene rings is 1. The Morgan fingerprint density at radius 1 is 1.22 bits per heavy atom. The van der Waals surface area contributed by atoms with Gasteiger partial charge >= 0.3 is 5.97 Å². The Hall–Kier alpha value is -1.84. The van der Waals surface area contributed by atoms with Crippen LogP contribution in [0.5, 0.6) is 0 Å². The Labute approximate surface area is 107 Å². The predicted molar refractivity (Wildman–Crippen MR) is 69.3 cm³/mol. The summed E-state index contributed by atoms with van der Waals surface area (Å²) in [5.41, 5.74) is 0.959. The molecule has 2 N–H and O–H groups in total. The molecule has 1 amide bonds. The van der Waals surface area contributed by atoms with Crippen molar-refractivity contribution in [3.8, 4) is 0 Å². The smallest absolute Gasteiger partial charge is 0.303 e. The van der Waals surface area contributed by atoms with Crippen LogP contribution >= 0.6 is 0 Å². The SMILES string of the molecule is CC(CNC(=O)[C@H](C)c1ccccc1)CC(=O)O. The molecule has 0 aliphatic heterocycles. The van der Waals surface area contributed by atoms with E-state index in [-0.39, 0.29) is 24.2 Å². The van der Waals surface area contributed by atoms with Crippen molar-refractivity contribution in [2.75, 3.05) is 6.54 Å². The van der Waals surface area contributed by atoms with Crippen molar-refractivity contribution >= 4 is 11.9 Å². The minimum absolute atomic E-state index is 0.0607. The molecular formula is C14H19NO3. The fourth-order valence-electron chi connectivity index (χ4n) is 1.69. The molecule has 0 spiro atoms. The van der Waals surface area contributed by atoms with E-state index < -0.39 is 5.97 Å². The summed E-state index contributed by atoms with van der Waals surface area (Å²) in [6, 6.07) is 9.51. The molecule has 0 aliphatic carbocycles. The summed E-state index contributed by atoms with van der Waals surface area (Å²) in [7, 11) is 0. The highest BCUT2D eigenvalue weighted by atomic mass is 16.4. The van der Waals surface area contributed by atoms with Crippen LogP contribution in [0.3, 0.4) is 0 Å². The highest BCUT2D eigenvalue weighted by Crippen LogP contribution is 2.14. The molecule has 4 nitrogen and oxygen atoms in total. The molecule has 0 heterocycles. The molecule has 0 fully saturated rings. The number of hydrogen-bond acceptors (Lipinski definition) is 2. The van der Waals surface area contributed by atoms with E-state index in [0.717, 1.165) is 5.56 Å². The van der Waals surface area contributed by atoms with E-state index in [0.29, 0.717) is 6.54 Å². The van der Waals surface area contributed by atoms with Gasteiger partial charge in [-0.05, 0) is 18.4 Å². The zero-order chi connectivity index (χ0) is 13.5. The third kappa shape index (κ3) is 4.57. The average Bonchev–Trinajstić information content (AvgIpc) is 2.35. The molecule has 0 bridgehead atoms. The Bertz CT molecular complexity index is 403. The molecule has 4 heteroatoms. The minimum atomic E-state index is -0.840. The van der Waals surface area contributed by atoms with Crippen molar-refractivity contribution in [2.45, 2.75) is 26.2 Å². The van der Waals surface area contributed by atoms with Gasteiger partial charge in [-0.1, -0.05) is 37.3 Å². The molecule has 1 rings (SSSR count). The molecule has 1 aromatic rings. The standard InChI is InChI=1S/C14H19NO3/c1-10(8-13(16)17)9-15-14(18)11(2)12-6-4-3-5-7-12/h3-7,10-11H,8-9H2,1-2H3,(H,15,18)(H,16,17)/t10?,11-/m1/s1. The summed E-state index contributed by atoms with van der Waals surface area (Å²) in [5.74, 6) is -1.19. The van der Waals surface area contributed by atoms with Gasteiger partial charge in [-0.15, -0.1) is 0 Å². The highest BCUT2D eigenvalue weighted by Gasteiger charge is 2.16. The summed E-state index contributed by atoms with van der Waals surface area (Å²) < 4.78 is 0. The second kappa shape index (κ2) is 6.79. The van der Waals surface area contributed by atoms with Gasteiger partial charge in [0.05, 0.1) is 5.92 Å². The molecule has 2 atom stereocenters. The first-order chi connectivity index (χ1) is 8.50. The monoisotopic (exact) mass is 249 g/mol.